The van der Waals surface area contributed by atoms with Gasteiger partial charge in [-0.1, -0.05) is 34.1 Å². The van der Waals surface area contributed by atoms with Crippen molar-refractivity contribution in [1.29, 1.82) is 0 Å². The number of rotatable bonds is 6. The largest absolute Gasteiger partial charge is 0.494 e. The standard InChI is InChI=1S/C18H19BrO5S/c1-2-22-16-6-4-3-5-13(16)11-25(20,21)12-14-9-17-18(10-15(14)19)24-8-7-23-17/h3-6,9-10H,2,7-8,11-12H2,1H3. The second kappa shape index (κ2) is 7.66. The first kappa shape index (κ1) is 18.1. The van der Waals surface area contributed by atoms with Crippen LogP contribution in [0.5, 0.6) is 17.2 Å². The van der Waals surface area contributed by atoms with Crippen molar-refractivity contribution in [2.45, 2.75) is 18.4 Å². The molecule has 0 aromatic heterocycles. The lowest BCUT2D eigenvalue weighted by atomic mass is 10.2. The van der Waals surface area contributed by atoms with Gasteiger partial charge < -0.3 is 14.2 Å². The molecule has 25 heavy (non-hydrogen) atoms. The van der Waals surface area contributed by atoms with E-state index in [9.17, 15) is 8.42 Å². The van der Waals surface area contributed by atoms with Crippen molar-refractivity contribution in [3.8, 4) is 17.2 Å². The van der Waals surface area contributed by atoms with Gasteiger partial charge in [0, 0.05) is 10.0 Å². The lowest BCUT2D eigenvalue weighted by Crippen LogP contribution is -2.16. The van der Waals surface area contributed by atoms with Crippen molar-refractivity contribution in [3.05, 3.63) is 52.0 Å². The molecule has 0 radical (unpaired) electrons. The second-order valence-electron chi connectivity index (χ2n) is 5.66. The van der Waals surface area contributed by atoms with E-state index in [1.165, 1.54) is 0 Å². The molecule has 5 nitrogen and oxygen atoms in total. The number of sulfone groups is 1. The molecule has 0 fully saturated rings. The van der Waals surface area contributed by atoms with Gasteiger partial charge in [0.05, 0.1) is 18.1 Å². The highest BCUT2D eigenvalue weighted by Gasteiger charge is 2.21. The molecule has 0 amide bonds. The Labute approximate surface area is 156 Å². The van der Waals surface area contributed by atoms with Crippen LogP contribution in [-0.4, -0.2) is 28.2 Å². The highest BCUT2D eigenvalue weighted by Crippen LogP contribution is 2.36. The van der Waals surface area contributed by atoms with Gasteiger partial charge >= 0.3 is 0 Å². The molecule has 0 atom stereocenters. The highest BCUT2D eigenvalue weighted by atomic mass is 79.9. The number of halogens is 1. The van der Waals surface area contributed by atoms with E-state index < -0.39 is 9.84 Å². The van der Waals surface area contributed by atoms with Gasteiger partial charge in [0.15, 0.2) is 21.3 Å². The third kappa shape index (κ3) is 4.46. The van der Waals surface area contributed by atoms with Gasteiger partial charge in [-0.25, -0.2) is 8.42 Å². The number of benzene rings is 2. The molecule has 2 aromatic carbocycles. The molecule has 1 aliphatic heterocycles. The Hall–Kier alpha value is -1.73. The van der Waals surface area contributed by atoms with Crippen LogP contribution in [0.4, 0.5) is 0 Å². The Bertz CT molecular complexity index is 864. The van der Waals surface area contributed by atoms with Crippen LogP contribution in [0.15, 0.2) is 40.9 Å². The highest BCUT2D eigenvalue weighted by molar-refractivity contribution is 9.10. The first-order chi connectivity index (χ1) is 12.0. The molecule has 3 rings (SSSR count). The third-order valence-electron chi connectivity index (χ3n) is 3.73. The van der Waals surface area contributed by atoms with Gasteiger partial charge in [-0.3, -0.25) is 0 Å². The van der Waals surface area contributed by atoms with E-state index in [4.69, 9.17) is 14.2 Å². The molecule has 0 aliphatic carbocycles. The number of hydrogen-bond acceptors (Lipinski definition) is 5. The van der Waals surface area contributed by atoms with Crippen LogP contribution >= 0.6 is 15.9 Å². The summed E-state index contributed by atoms with van der Waals surface area (Å²) >= 11 is 3.43. The van der Waals surface area contributed by atoms with Crippen molar-refractivity contribution in [3.63, 3.8) is 0 Å². The first-order valence-corrected chi connectivity index (χ1v) is 10.6. The summed E-state index contributed by atoms with van der Waals surface area (Å²) < 4.78 is 42.7. The summed E-state index contributed by atoms with van der Waals surface area (Å²) in [5, 5.41) is 0. The molecule has 0 N–H and O–H groups in total. The summed E-state index contributed by atoms with van der Waals surface area (Å²) in [5.74, 6) is 1.64. The summed E-state index contributed by atoms with van der Waals surface area (Å²) in [6.07, 6.45) is 0. The van der Waals surface area contributed by atoms with Crippen LogP contribution in [0.2, 0.25) is 0 Å². The summed E-state index contributed by atoms with van der Waals surface area (Å²) in [4.78, 5) is 0. The first-order valence-electron chi connectivity index (χ1n) is 7.97. The van der Waals surface area contributed by atoms with Gasteiger partial charge in [0.2, 0.25) is 0 Å². The summed E-state index contributed by atoms with van der Waals surface area (Å²) in [6, 6.07) is 10.7. The Morgan fingerprint density at radius 1 is 1.04 bits per heavy atom. The fraction of sp³-hybridized carbons (Fsp3) is 0.333. The predicted octanol–water partition coefficient (Wildman–Crippen LogP) is 3.73. The average molecular weight is 427 g/mol. The molecule has 1 aliphatic rings. The molecule has 0 saturated carbocycles. The maximum Gasteiger partial charge on any atom is 0.162 e. The van der Waals surface area contributed by atoms with Crippen molar-refractivity contribution >= 4 is 25.8 Å². The van der Waals surface area contributed by atoms with Gasteiger partial charge in [-0.05, 0) is 30.7 Å². The maximum atomic E-state index is 12.7. The Morgan fingerprint density at radius 2 is 1.68 bits per heavy atom. The van der Waals surface area contributed by atoms with Crippen molar-refractivity contribution in [1.82, 2.24) is 0 Å². The lowest BCUT2D eigenvalue weighted by molar-refractivity contribution is 0.171. The molecule has 0 bridgehead atoms. The topological polar surface area (TPSA) is 61.8 Å². The van der Waals surface area contributed by atoms with Crippen LogP contribution in [0.3, 0.4) is 0 Å². The van der Waals surface area contributed by atoms with E-state index in [-0.39, 0.29) is 11.5 Å². The molecule has 0 unspecified atom stereocenters. The Kier molecular flexibility index (Phi) is 5.54. The minimum atomic E-state index is -3.38. The predicted molar refractivity (Wildman–Crippen MR) is 99.1 cm³/mol. The zero-order valence-electron chi connectivity index (χ0n) is 13.8. The quantitative estimate of drug-likeness (QED) is 0.703. The van der Waals surface area contributed by atoms with Crippen molar-refractivity contribution in [2.75, 3.05) is 19.8 Å². The molecular formula is C18H19BrO5S. The monoisotopic (exact) mass is 426 g/mol. The van der Waals surface area contributed by atoms with E-state index in [1.54, 1.807) is 24.3 Å². The summed E-state index contributed by atoms with van der Waals surface area (Å²) in [6.45, 7) is 3.32. The van der Waals surface area contributed by atoms with E-state index >= 15 is 0 Å². The van der Waals surface area contributed by atoms with Gasteiger partial charge in [-0.2, -0.15) is 0 Å². The average Bonchev–Trinajstić information content (AvgIpc) is 2.57. The Morgan fingerprint density at radius 3 is 2.40 bits per heavy atom. The normalized spacial score (nSPS) is 13.5. The molecule has 2 aromatic rings. The number of fused-ring (bicyclic) bond motifs is 1. The SMILES string of the molecule is CCOc1ccccc1CS(=O)(=O)Cc1cc2c(cc1Br)OCCO2. The zero-order chi connectivity index (χ0) is 17.9. The van der Waals surface area contributed by atoms with Crippen molar-refractivity contribution < 1.29 is 22.6 Å². The molecule has 1 heterocycles. The molecule has 134 valence electrons. The molecule has 0 saturated heterocycles. The Balaban J connectivity index is 1.83. The number of para-hydroxylation sites is 1. The zero-order valence-corrected chi connectivity index (χ0v) is 16.2. The van der Waals surface area contributed by atoms with E-state index in [1.807, 2.05) is 19.1 Å². The molecule has 7 heteroatoms. The minimum Gasteiger partial charge on any atom is -0.494 e. The van der Waals surface area contributed by atoms with Gasteiger partial charge in [0.25, 0.3) is 0 Å². The summed E-state index contributed by atoms with van der Waals surface area (Å²) in [7, 11) is -3.38. The van der Waals surface area contributed by atoms with E-state index in [0.717, 1.165) is 0 Å². The minimum absolute atomic E-state index is 0.0793. The smallest absolute Gasteiger partial charge is 0.162 e. The van der Waals surface area contributed by atoms with Crippen LogP contribution in [0.25, 0.3) is 0 Å². The fourth-order valence-electron chi connectivity index (χ4n) is 2.66. The molecular weight excluding hydrogens is 408 g/mol. The van der Waals surface area contributed by atoms with Crippen molar-refractivity contribution in [2.24, 2.45) is 0 Å². The van der Waals surface area contributed by atoms with E-state index in [2.05, 4.69) is 15.9 Å². The summed E-state index contributed by atoms with van der Waals surface area (Å²) in [5.41, 5.74) is 1.32. The third-order valence-corrected chi connectivity index (χ3v) is 5.97. The fourth-order valence-corrected chi connectivity index (χ4v) is 4.84. The number of hydrogen-bond donors (Lipinski definition) is 0. The number of ether oxygens (including phenoxy) is 3. The van der Waals surface area contributed by atoms with Crippen LogP contribution < -0.4 is 14.2 Å². The maximum absolute atomic E-state index is 12.7. The van der Waals surface area contributed by atoms with Gasteiger partial charge in [-0.15, -0.1) is 0 Å². The van der Waals surface area contributed by atoms with Gasteiger partial charge in [0.1, 0.15) is 19.0 Å². The van der Waals surface area contributed by atoms with Crippen LogP contribution in [-0.2, 0) is 21.3 Å². The second-order valence-corrected chi connectivity index (χ2v) is 8.58. The molecule has 0 spiro atoms. The van der Waals surface area contributed by atoms with Crippen LogP contribution in [0, 0.1) is 0 Å². The lowest BCUT2D eigenvalue weighted by Gasteiger charge is -2.20. The van der Waals surface area contributed by atoms with Crippen LogP contribution in [0.1, 0.15) is 18.1 Å². The van der Waals surface area contributed by atoms with E-state index in [0.29, 0.717) is 52.7 Å².